The molecule has 1 aromatic heterocycles. The predicted molar refractivity (Wildman–Crippen MR) is 176 cm³/mol. The average molecular weight is 632 g/mol. The minimum absolute atomic E-state index is 0.0169. The van der Waals surface area contributed by atoms with Gasteiger partial charge in [-0.05, 0) is 49.9 Å². The quantitative estimate of drug-likeness (QED) is 0.161. The number of aliphatic hydroxyl groups excluding tert-OH is 1. The maximum absolute atomic E-state index is 15.3. The highest BCUT2D eigenvalue weighted by Gasteiger charge is 2.24. The fourth-order valence-corrected chi connectivity index (χ4v) is 5.42. The van der Waals surface area contributed by atoms with E-state index in [2.05, 4.69) is 33.6 Å². The summed E-state index contributed by atoms with van der Waals surface area (Å²) in [5.74, 6) is 1.28. The number of rotatable bonds is 11. The number of nitrogens with one attached hydrogen (secondary N) is 1. The molecular weight excluding hydrogens is 593 g/mol. The van der Waals surface area contributed by atoms with Crippen LogP contribution in [0.4, 0.5) is 27.3 Å². The van der Waals surface area contributed by atoms with E-state index in [0.717, 1.165) is 12.8 Å². The minimum atomic E-state index is -0.630. The average Bonchev–Trinajstić information content (AvgIpc) is 3.09. The fourth-order valence-electron chi connectivity index (χ4n) is 5.42. The van der Waals surface area contributed by atoms with Crippen LogP contribution in [0.15, 0.2) is 71.3 Å². The van der Waals surface area contributed by atoms with Gasteiger partial charge in [-0.3, -0.25) is 9.79 Å². The molecule has 0 aliphatic carbocycles. The second kappa shape index (κ2) is 14.8. The van der Waals surface area contributed by atoms with E-state index in [1.54, 1.807) is 48.5 Å². The molecule has 2 aliphatic rings. The number of ether oxygens (including phenoxy) is 3. The van der Waals surface area contributed by atoms with E-state index in [4.69, 9.17) is 19.9 Å². The molecule has 1 atom stereocenters. The molecule has 0 spiro atoms. The second-order valence-electron chi connectivity index (χ2n) is 10.9. The lowest BCUT2D eigenvalue weighted by Crippen LogP contribution is -2.44. The molecule has 46 heavy (non-hydrogen) atoms. The molecule has 0 saturated carbocycles. The molecule has 2 aromatic carbocycles. The topological polar surface area (TPSA) is 147 Å². The van der Waals surface area contributed by atoms with Crippen molar-refractivity contribution in [2.75, 3.05) is 56.7 Å². The van der Waals surface area contributed by atoms with Crippen molar-refractivity contribution < 1.29 is 28.5 Å². The van der Waals surface area contributed by atoms with Gasteiger partial charge in [0.1, 0.15) is 34.6 Å². The van der Waals surface area contributed by atoms with Crippen LogP contribution >= 0.6 is 0 Å². The second-order valence-corrected chi connectivity index (χ2v) is 10.9. The van der Waals surface area contributed by atoms with E-state index < -0.39 is 5.82 Å². The first kappa shape index (κ1) is 32.4. The lowest BCUT2D eigenvalue weighted by Gasteiger charge is -2.32. The van der Waals surface area contributed by atoms with Crippen molar-refractivity contribution in [1.82, 2.24) is 9.88 Å². The number of likely N-dealkylation sites (tertiary alicyclic amines) is 1. The summed E-state index contributed by atoms with van der Waals surface area (Å²) in [6.07, 6.45) is 4.13. The monoisotopic (exact) mass is 631 g/mol. The Morgan fingerprint density at radius 1 is 1.20 bits per heavy atom. The van der Waals surface area contributed by atoms with Crippen LogP contribution in [0.1, 0.15) is 18.4 Å². The molecule has 3 heterocycles. The van der Waals surface area contributed by atoms with Crippen LogP contribution in [0.2, 0.25) is 0 Å². The number of aliphatic imine (C=N–C) groups is 2. The third-order valence-corrected chi connectivity index (χ3v) is 7.88. The lowest BCUT2D eigenvalue weighted by molar-refractivity contribution is -0.126. The van der Waals surface area contributed by atoms with Crippen LogP contribution in [-0.4, -0.2) is 92.1 Å². The predicted octanol–water partition coefficient (Wildman–Crippen LogP) is 4.18. The summed E-state index contributed by atoms with van der Waals surface area (Å²) in [4.78, 5) is 28.6. The molecule has 2 aliphatic heterocycles. The van der Waals surface area contributed by atoms with Gasteiger partial charge in [-0.2, -0.15) is 0 Å². The summed E-state index contributed by atoms with van der Waals surface area (Å²) in [5.41, 5.74) is 7.97. The molecule has 13 heteroatoms. The van der Waals surface area contributed by atoms with Gasteiger partial charge in [0, 0.05) is 62.2 Å². The molecule has 242 valence electrons. The molecule has 4 N–H and O–H groups in total. The summed E-state index contributed by atoms with van der Waals surface area (Å²) in [5, 5.41) is 12.9. The number of morpholine rings is 1. The molecular formula is C33H38FN7O5. The third kappa shape index (κ3) is 7.61. The smallest absolute Gasteiger partial charge is 0.245 e. The Morgan fingerprint density at radius 2 is 1.98 bits per heavy atom. The van der Waals surface area contributed by atoms with E-state index in [9.17, 15) is 9.90 Å². The van der Waals surface area contributed by atoms with Crippen LogP contribution in [0, 0.1) is 5.82 Å². The van der Waals surface area contributed by atoms with E-state index in [1.165, 1.54) is 18.2 Å². The summed E-state index contributed by atoms with van der Waals surface area (Å²) in [6.45, 7) is 9.95. The molecule has 0 radical (unpaired) electrons. The molecule has 2 fully saturated rings. The number of benzene rings is 2. The third-order valence-electron chi connectivity index (χ3n) is 7.88. The largest absolute Gasteiger partial charge is 0.495 e. The Balaban J connectivity index is 1.31. The van der Waals surface area contributed by atoms with Gasteiger partial charge in [0.05, 0.1) is 37.8 Å². The number of pyridine rings is 1. The molecule has 5 rings (SSSR count). The van der Waals surface area contributed by atoms with E-state index in [0.29, 0.717) is 67.0 Å². The number of aliphatic hydroxyl groups is 1. The number of methoxy groups -OCH3 is 1. The highest BCUT2D eigenvalue weighted by atomic mass is 19.1. The van der Waals surface area contributed by atoms with E-state index in [1.807, 2.05) is 4.90 Å². The van der Waals surface area contributed by atoms with Crippen molar-refractivity contribution >= 4 is 41.3 Å². The number of halogens is 1. The minimum Gasteiger partial charge on any atom is -0.495 e. The summed E-state index contributed by atoms with van der Waals surface area (Å²) < 4.78 is 32.3. The number of hydrogen-bond acceptors (Lipinski definition) is 10. The first-order chi connectivity index (χ1) is 22.3. The van der Waals surface area contributed by atoms with Gasteiger partial charge in [0.2, 0.25) is 5.91 Å². The maximum atomic E-state index is 15.3. The zero-order valence-electron chi connectivity index (χ0n) is 25.7. The van der Waals surface area contributed by atoms with Crippen LogP contribution in [0.5, 0.6) is 17.2 Å². The van der Waals surface area contributed by atoms with Crippen molar-refractivity contribution in [2.45, 2.75) is 25.0 Å². The Bertz CT molecular complexity index is 1610. The van der Waals surface area contributed by atoms with Crippen LogP contribution in [-0.2, 0) is 9.53 Å². The van der Waals surface area contributed by atoms with E-state index >= 15 is 4.39 Å². The number of hydrogen-bond donors (Lipinski definition) is 3. The first-order valence-corrected chi connectivity index (χ1v) is 14.9. The zero-order chi connectivity index (χ0) is 32.6. The number of amides is 1. The molecule has 12 nitrogen and oxygen atoms in total. The van der Waals surface area contributed by atoms with Gasteiger partial charge in [-0.1, -0.05) is 6.58 Å². The van der Waals surface area contributed by atoms with Crippen molar-refractivity contribution in [1.29, 1.82) is 0 Å². The lowest BCUT2D eigenvalue weighted by atomic mass is 10.0. The van der Waals surface area contributed by atoms with E-state index in [-0.39, 0.29) is 41.9 Å². The molecule has 3 aromatic rings. The highest BCUT2D eigenvalue weighted by Crippen LogP contribution is 2.35. The van der Waals surface area contributed by atoms with Gasteiger partial charge < -0.3 is 40.2 Å². The maximum Gasteiger partial charge on any atom is 0.245 e. The molecule has 2 saturated heterocycles. The number of nitrogens with zero attached hydrogens (tertiary/aromatic N) is 5. The van der Waals surface area contributed by atoms with Gasteiger partial charge in [0.15, 0.2) is 5.82 Å². The Kier molecular flexibility index (Phi) is 10.5. The van der Waals surface area contributed by atoms with Gasteiger partial charge in [-0.15, -0.1) is 0 Å². The van der Waals surface area contributed by atoms with Crippen molar-refractivity contribution in [3.63, 3.8) is 0 Å². The van der Waals surface area contributed by atoms with Crippen molar-refractivity contribution in [3.8, 4) is 17.2 Å². The summed E-state index contributed by atoms with van der Waals surface area (Å²) in [7, 11) is 1.55. The normalized spacial score (nSPS) is 17.4. The Morgan fingerprint density at radius 3 is 2.67 bits per heavy atom. The number of piperidine rings is 1. The molecule has 0 bridgehead atoms. The van der Waals surface area contributed by atoms with Crippen LogP contribution < -0.4 is 25.4 Å². The van der Waals surface area contributed by atoms with Crippen molar-refractivity contribution in [2.24, 2.45) is 15.7 Å². The number of aromatic nitrogens is 1. The number of carbonyl (C=O) groups excluding carboxylic acids is 1. The Labute approximate surface area is 267 Å². The number of anilines is 2. The standard InChI is InChI=1S/C33H38FN7O5/c1-4-32(43)40-11-8-21(9-12-40)38-29-17-25(28(36-2)18-30(29)44-3)33(35)39-27-6-5-22(15-26(27)34)46-23-7-10-37-31(16-23)41-13-14-45-24(19-41)20-42/h4-7,10,15-18,21,24,38,42H,1-2,8-9,11-14,19-20H2,3H3,(H2,35,39)/t24-/m1/s1. The SMILES string of the molecule is C=CC(=O)N1CCC(Nc2cc(C(N)=Nc3ccc(Oc4ccnc(N5CCO[C@@H](CO)C5)c4)cc3F)c(N=C)cc2OC)CC1. The molecule has 0 unspecified atom stereocenters. The summed E-state index contributed by atoms with van der Waals surface area (Å²) in [6, 6.07) is 11.3. The number of nitrogens with two attached hydrogens (primary N) is 1. The Hall–Kier alpha value is -5.01. The van der Waals surface area contributed by atoms with Crippen LogP contribution in [0.25, 0.3) is 0 Å². The molecule has 1 amide bonds. The van der Waals surface area contributed by atoms with Crippen molar-refractivity contribution in [3.05, 3.63) is 72.7 Å². The van der Waals surface area contributed by atoms with Gasteiger partial charge in [-0.25, -0.2) is 14.4 Å². The fraction of sp³-hybridized carbons (Fsp3) is 0.333. The number of amidine groups is 1. The number of carbonyl (C=O) groups is 1. The zero-order valence-corrected chi connectivity index (χ0v) is 25.7. The summed E-state index contributed by atoms with van der Waals surface area (Å²) >= 11 is 0. The van der Waals surface area contributed by atoms with Crippen LogP contribution in [0.3, 0.4) is 0 Å². The first-order valence-electron chi connectivity index (χ1n) is 14.9. The van der Waals surface area contributed by atoms with Gasteiger partial charge >= 0.3 is 0 Å². The highest BCUT2D eigenvalue weighted by molar-refractivity contribution is 6.04. The van der Waals surface area contributed by atoms with Gasteiger partial charge in [0.25, 0.3) is 0 Å².